The Bertz CT molecular complexity index is 1110. The molecule has 0 aliphatic heterocycles. The van der Waals surface area contributed by atoms with Gasteiger partial charge in [-0.3, -0.25) is 14.8 Å². The van der Waals surface area contributed by atoms with Gasteiger partial charge in [-0.2, -0.15) is 5.10 Å². The third kappa shape index (κ3) is 3.19. The van der Waals surface area contributed by atoms with E-state index in [2.05, 4.69) is 15.4 Å². The highest BCUT2D eigenvalue weighted by Crippen LogP contribution is 2.34. The number of hydrogen-bond acceptors (Lipinski definition) is 6. The maximum absolute atomic E-state index is 12.5. The van der Waals surface area contributed by atoms with Gasteiger partial charge in [-0.1, -0.05) is 12.1 Å². The largest absolute Gasteiger partial charge is 0.493 e. The molecule has 1 amide bonds. The number of para-hydroxylation sites is 1. The Labute approximate surface area is 159 Å². The zero-order valence-electron chi connectivity index (χ0n) is 15.1. The van der Waals surface area contributed by atoms with Crippen LogP contribution in [0.5, 0.6) is 5.75 Å². The maximum Gasteiger partial charge on any atom is 0.275 e. The first-order chi connectivity index (χ1) is 13.1. The Hall–Kier alpha value is -3.13. The second-order valence-corrected chi connectivity index (χ2v) is 7.09. The zero-order chi connectivity index (χ0) is 19.0. The number of nitrogens with zero attached hydrogens (tertiary/aromatic N) is 3. The van der Waals surface area contributed by atoms with Gasteiger partial charge in [-0.25, -0.2) is 4.98 Å². The first-order valence-corrected chi connectivity index (χ1v) is 9.32. The third-order valence-electron chi connectivity index (χ3n) is 4.10. The summed E-state index contributed by atoms with van der Waals surface area (Å²) in [6.45, 7) is 3.95. The van der Waals surface area contributed by atoms with Crippen LogP contribution in [-0.2, 0) is 0 Å². The molecule has 3 heterocycles. The van der Waals surface area contributed by atoms with Crippen molar-refractivity contribution in [2.75, 3.05) is 12.4 Å². The van der Waals surface area contributed by atoms with Gasteiger partial charge in [0.05, 0.1) is 7.11 Å². The fraction of sp³-hybridized carbons (Fsp3) is 0.211. The van der Waals surface area contributed by atoms with E-state index >= 15 is 0 Å². The SMILES string of the molecule is COc1cccc2cc(-c3csc(NC(=O)c4ccnn4C(C)C)n3)oc12. The van der Waals surface area contributed by atoms with Crippen LogP contribution in [0.1, 0.15) is 30.4 Å². The van der Waals surface area contributed by atoms with Gasteiger partial charge in [-0.15, -0.1) is 11.3 Å². The molecule has 0 bridgehead atoms. The summed E-state index contributed by atoms with van der Waals surface area (Å²) in [5, 5.41) is 10.3. The average molecular weight is 382 g/mol. The van der Waals surface area contributed by atoms with Gasteiger partial charge < -0.3 is 9.15 Å². The molecule has 0 saturated heterocycles. The van der Waals surface area contributed by atoms with Crippen LogP contribution in [0.4, 0.5) is 5.13 Å². The van der Waals surface area contributed by atoms with Crippen molar-refractivity contribution in [1.82, 2.24) is 14.8 Å². The molecule has 0 saturated carbocycles. The molecule has 3 aromatic heterocycles. The number of aromatic nitrogens is 3. The van der Waals surface area contributed by atoms with Crippen molar-refractivity contribution in [3.05, 3.63) is 47.6 Å². The predicted molar refractivity (Wildman–Crippen MR) is 104 cm³/mol. The van der Waals surface area contributed by atoms with Crippen LogP contribution in [0, 0.1) is 0 Å². The molecule has 0 aliphatic carbocycles. The van der Waals surface area contributed by atoms with E-state index in [9.17, 15) is 4.79 Å². The van der Waals surface area contributed by atoms with E-state index in [0.29, 0.717) is 33.6 Å². The normalized spacial score (nSPS) is 11.3. The molecule has 0 aliphatic rings. The van der Waals surface area contributed by atoms with E-state index in [4.69, 9.17) is 9.15 Å². The lowest BCUT2D eigenvalue weighted by Crippen LogP contribution is -2.18. The number of rotatable bonds is 5. The average Bonchev–Trinajstić information content (AvgIpc) is 3.38. The Morgan fingerprint density at radius 2 is 2.19 bits per heavy atom. The van der Waals surface area contributed by atoms with Gasteiger partial charge in [0.2, 0.25) is 0 Å². The van der Waals surface area contributed by atoms with Crippen LogP contribution in [0.2, 0.25) is 0 Å². The van der Waals surface area contributed by atoms with Gasteiger partial charge in [0.15, 0.2) is 22.2 Å². The number of amides is 1. The van der Waals surface area contributed by atoms with Crippen molar-refractivity contribution in [1.29, 1.82) is 0 Å². The summed E-state index contributed by atoms with van der Waals surface area (Å²) < 4.78 is 12.9. The molecule has 0 radical (unpaired) electrons. The van der Waals surface area contributed by atoms with Crippen molar-refractivity contribution in [3.8, 4) is 17.2 Å². The number of hydrogen-bond donors (Lipinski definition) is 1. The fourth-order valence-corrected chi connectivity index (χ4v) is 3.53. The molecule has 0 atom stereocenters. The molecular weight excluding hydrogens is 364 g/mol. The summed E-state index contributed by atoms with van der Waals surface area (Å²) in [7, 11) is 1.61. The fourth-order valence-electron chi connectivity index (χ4n) is 2.83. The maximum atomic E-state index is 12.5. The highest BCUT2D eigenvalue weighted by atomic mass is 32.1. The number of carbonyl (C=O) groups excluding carboxylic acids is 1. The van der Waals surface area contributed by atoms with E-state index in [-0.39, 0.29) is 11.9 Å². The number of thiazole rings is 1. The van der Waals surface area contributed by atoms with Gasteiger partial charge >= 0.3 is 0 Å². The molecule has 1 aromatic carbocycles. The predicted octanol–water partition coefficient (Wildman–Crippen LogP) is 4.59. The molecular formula is C19H18N4O3S. The molecule has 27 heavy (non-hydrogen) atoms. The van der Waals surface area contributed by atoms with Crippen LogP contribution < -0.4 is 10.1 Å². The monoisotopic (exact) mass is 382 g/mol. The number of methoxy groups -OCH3 is 1. The summed E-state index contributed by atoms with van der Waals surface area (Å²) in [4.78, 5) is 17.0. The molecule has 1 N–H and O–H groups in total. The first-order valence-electron chi connectivity index (χ1n) is 8.44. The number of anilines is 1. The minimum Gasteiger partial charge on any atom is -0.493 e. The van der Waals surface area contributed by atoms with Crippen molar-refractivity contribution in [2.45, 2.75) is 19.9 Å². The second-order valence-electron chi connectivity index (χ2n) is 6.24. The van der Waals surface area contributed by atoms with E-state index in [0.717, 1.165) is 5.39 Å². The van der Waals surface area contributed by atoms with Gasteiger partial charge in [0.25, 0.3) is 5.91 Å². The number of benzene rings is 1. The van der Waals surface area contributed by atoms with E-state index in [1.165, 1.54) is 11.3 Å². The van der Waals surface area contributed by atoms with Crippen molar-refractivity contribution in [2.24, 2.45) is 0 Å². The second kappa shape index (κ2) is 6.88. The first kappa shape index (κ1) is 17.3. The minimum absolute atomic E-state index is 0.0955. The zero-order valence-corrected chi connectivity index (χ0v) is 15.9. The Kier molecular flexibility index (Phi) is 4.41. The highest BCUT2D eigenvalue weighted by molar-refractivity contribution is 7.14. The van der Waals surface area contributed by atoms with Crippen LogP contribution >= 0.6 is 11.3 Å². The smallest absolute Gasteiger partial charge is 0.275 e. The summed E-state index contributed by atoms with van der Waals surface area (Å²) >= 11 is 1.34. The number of carbonyl (C=O) groups is 1. The highest BCUT2D eigenvalue weighted by Gasteiger charge is 2.17. The lowest BCUT2D eigenvalue weighted by Gasteiger charge is -2.09. The molecule has 138 valence electrons. The number of furan rings is 1. The minimum atomic E-state index is -0.242. The van der Waals surface area contributed by atoms with E-state index in [1.807, 2.05) is 43.5 Å². The van der Waals surface area contributed by atoms with Crippen LogP contribution in [0.3, 0.4) is 0 Å². The van der Waals surface area contributed by atoms with Crippen molar-refractivity contribution in [3.63, 3.8) is 0 Å². The number of ether oxygens (including phenoxy) is 1. The lowest BCUT2D eigenvalue weighted by molar-refractivity contribution is 0.101. The molecule has 0 unspecified atom stereocenters. The molecule has 4 rings (SSSR count). The van der Waals surface area contributed by atoms with Crippen LogP contribution in [0.25, 0.3) is 22.4 Å². The van der Waals surface area contributed by atoms with Gasteiger partial charge in [0, 0.05) is 23.0 Å². The summed E-state index contributed by atoms with van der Waals surface area (Å²) in [5.74, 6) is 1.05. The quantitative estimate of drug-likeness (QED) is 0.546. The van der Waals surface area contributed by atoms with Gasteiger partial charge in [-0.05, 0) is 32.0 Å². The topological polar surface area (TPSA) is 82.2 Å². The Morgan fingerprint density at radius 1 is 1.33 bits per heavy atom. The number of fused-ring (bicyclic) bond motifs is 1. The Morgan fingerprint density at radius 3 is 2.96 bits per heavy atom. The molecule has 7 nitrogen and oxygen atoms in total. The van der Waals surface area contributed by atoms with E-state index < -0.39 is 0 Å². The van der Waals surface area contributed by atoms with E-state index in [1.54, 1.807) is 24.1 Å². The van der Waals surface area contributed by atoms with Crippen molar-refractivity contribution < 1.29 is 13.9 Å². The number of nitrogens with one attached hydrogen (secondary N) is 1. The Balaban J connectivity index is 1.59. The standard InChI is InChI=1S/C19H18N4O3S/c1-11(2)23-14(7-8-20-23)18(24)22-19-21-13(10-27-19)16-9-12-5-4-6-15(25-3)17(12)26-16/h4-11H,1-3H3,(H,21,22,24). The molecule has 0 spiro atoms. The molecule has 4 aromatic rings. The summed E-state index contributed by atoms with van der Waals surface area (Å²) in [5.41, 5.74) is 1.83. The van der Waals surface area contributed by atoms with Crippen LogP contribution in [-0.4, -0.2) is 27.8 Å². The summed E-state index contributed by atoms with van der Waals surface area (Å²) in [6.07, 6.45) is 1.62. The van der Waals surface area contributed by atoms with Crippen molar-refractivity contribution >= 4 is 33.3 Å². The molecule has 0 fully saturated rings. The lowest BCUT2D eigenvalue weighted by atomic mass is 10.2. The third-order valence-corrected chi connectivity index (χ3v) is 4.85. The van der Waals surface area contributed by atoms with Gasteiger partial charge in [0.1, 0.15) is 11.4 Å². The molecule has 8 heteroatoms. The summed E-state index contributed by atoms with van der Waals surface area (Å²) in [6, 6.07) is 9.40. The van der Waals surface area contributed by atoms with Crippen LogP contribution in [0.15, 0.2) is 46.3 Å².